The van der Waals surface area contributed by atoms with Crippen LogP contribution in [0.2, 0.25) is 0 Å². The van der Waals surface area contributed by atoms with Gasteiger partial charge in [0.25, 0.3) is 0 Å². The Balaban J connectivity index is 1.86. The van der Waals surface area contributed by atoms with E-state index in [0.717, 1.165) is 38.4 Å². The highest BCUT2D eigenvalue weighted by Crippen LogP contribution is 2.01. The van der Waals surface area contributed by atoms with E-state index in [2.05, 4.69) is 25.6 Å². The van der Waals surface area contributed by atoms with E-state index >= 15 is 0 Å². The fourth-order valence-corrected chi connectivity index (χ4v) is 1.59. The average molecular weight is 181 g/mol. The molecule has 2 N–H and O–H groups in total. The van der Waals surface area contributed by atoms with Crippen LogP contribution < -0.4 is 5.32 Å². The monoisotopic (exact) mass is 181 g/mol. The van der Waals surface area contributed by atoms with E-state index in [1.54, 1.807) is 6.20 Å². The van der Waals surface area contributed by atoms with Gasteiger partial charge in [0.2, 0.25) is 0 Å². The van der Waals surface area contributed by atoms with Crippen LogP contribution in [-0.2, 0) is 6.54 Å². The first kappa shape index (κ1) is 8.65. The molecule has 2 heterocycles. The summed E-state index contributed by atoms with van der Waals surface area (Å²) in [6.45, 7) is 5.39. The van der Waals surface area contributed by atoms with Gasteiger partial charge in [0, 0.05) is 19.6 Å². The Morgan fingerprint density at radius 1 is 1.38 bits per heavy atom. The highest BCUT2D eigenvalue weighted by atomic mass is 15.3. The van der Waals surface area contributed by atoms with Crippen LogP contribution in [0, 0.1) is 0 Å². The largest absolute Gasteiger partial charge is 0.315 e. The molecule has 1 fully saturated rings. The van der Waals surface area contributed by atoms with Crippen LogP contribution in [0.4, 0.5) is 0 Å². The molecule has 72 valence electrons. The smallest absolute Gasteiger partial charge is 0.0964 e. The van der Waals surface area contributed by atoms with Gasteiger partial charge in [-0.3, -0.25) is 4.90 Å². The van der Waals surface area contributed by atoms with Gasteiger partial charge in [-0.25, -0.2) is 0 Å². The lowest BCUT2D eigenvalue weighted by Crippen LogP contribution is -2.27. The van der Waals surface area contributed by atoms with Crippen molar-refractivity contribution in [3.8, 4) is 0 Å². The lowest BCUT2D eigenvalue weighted by Gasteiger charge is -2.17. The number of nitrogens with zero attached hydrogens (tertiary/aromatic N) is 3. The van der Waals surface area contributed by atoms with Crippen LogP contribution in [-0.4, -0.2) is 46.5 Å². The minimum absolute atomic E-state index is 0.915. The summed E-state index contributed by atoms with van der Waals surface area (Å²) in [5, 5.41) is 13.8. The molecule has 1 aliphatic heterocycles. The molecule has 0 bridgehead atoms. The lowest BCUT2D eigenvalue weighted by atomic mass is 10.3. The van der Waals surface area contributed by atoms with Crippen molar-refractivity contribution >= 4 is 0 Å². The van der Waals surface area contributed by atoms with Crippen LogP contribution >= 0.6 is 0 Å². The van der Waals surface area contributed by atoms with E-state index in [0.29, 0.717) is 0 Å². The van der Waals surface area contributed by atoms with Gasteiger partial charge in [-0.05, 0) is 19.5 Å². The standard InChI is InChI=1S/C8H15N5/c1-2-9-3-5-13(4-1)7-8-6-10-12-11-8/h6,9H,1-5,7H2,(H,10,11,12). The number of aromatic amines is 1. The molecule has 0 atom stereocenters. The number of hydrogen-bond donors (Lipinski definition) is 2. The molecule has 0 saturated carbocycles. The predicted molar refractivity (Wildman–Crippen MR) is 49.1 cm³/mol. The van der Waals surface area contributed by atoms with E-state index in [4.69, 9.17) is 0 Å². The van der Waals surface area contributed by atoms with Crippen molar-refractivity contribution in [2.45, 2.75) is 13.0 Å². The normalized spacial score (nSPS) is 20.0. The molecule has 13 heavy (non-hydrogen) atoms. The lowest BCUT2D eigenvalue weighted by molar-refractivity contribution is 0.281. The predicted octanol–water partition coefficient (Wildman–Crippen LogP) is -0.400. The second-order valence-corrected chi connectivity index (χ2v) is 3.34. The van der Waals surface area contributed by atoms with Crippen molar-refractivity contribution in [3.63, 3.8) is 0 Å². The highest BCUT2D eigenvalue weighted by Gasteiger charge is 2.09. The van der Waals surface area contributed by atoms with Crippen LogP contribution in [0.15, 0.2) is 6.20 Å². The zero-order valence-corrected chi connectivity index (χ0v) is 7.66. The Kier molecular flexibility index (Phi) is 2.89. The van der Waals surface area contributed by atoms with E-state index in [9.17, 15) is 0 Å². The SMILES string of the molecule is c1n[nH]nc1CN1CCCNCC1. The van der Waals surface area contributed by atoms with Crippen LogP contribution in [0.3, 0.4) is 0 Å². The quantitative estimate of drug-likeness (QED) is 0.652. The topological polar surface area (TPSA) is 56.8 Å². The maximum atomic E-state index is 4.04. The Hall–Kier alpha value is -0.940. The van der Waals surface area contributed by atoms with E-state index in [1.807, 2.05) is 0 Å². The van der Waals surface area contributed by atoms with E-state index in [1.165, 1.54) is 6.42 Å². The zero-order chi connectivity index (χ0) is 8.93. The summed E-state index contributed by atoms with van der Waals surface area (Å²) in [5.41, 5.74) is 1.03. The number of aromatic nitrogens is 3. The Morgan fingerprint density at radius 3 is 3.23 bits per heavy atom. The first-order valence-electron chi connectivity index (χ1n) is 4.73. The minimum Gasteiger partial charge on any atom is -0.315 e. The molecule has 1 aromatic heterocycles. The molecule has 0 radical (unpaired) electrons. The van der Waals surface area contributed by atoms with Crippen molar-refractivity contribution in [3.05, 3.63) is 11.9 Å². The highest BCUT2D eigenvalue weighted by molar-refractivity contribution is 4.90. The molecule has 5 nitrogen and oxygen atoms in total. The van der Waals surface area contributed by atoms with Crippen LogP contribution in [0.25, 0.3) is 0 Å². The molecule has 1 saturated heterocycles. The maximum Gasteiger partial charge on any atom is 0.0964 e. The first-order valence-corrected chi connectivity index (χ1v) is 4.73. The Labute approximate surface area is 77.5 Å². The summed E-state index contributed by atoms with van der Waals surface area (Å²) in [6.07, 6.45) is 3.01. The Bertz CT molecular complexity index is 225. The van der Waals surface area contributed by atoms with Gasteiger partial charge in [0.15, 0.2) is 0 Å². The zero-order valence-electron chi connectivity index (χ0n) is 7.66. The summed E-state index contributed by atoms with van der Waals surface area (Å²) >= 11 is 0. The van der Waals surface area contributed by atoms with Crippen LogP contribution in [0.5, 0.6) is 0 Å². The molecule has 0 unspecified atom stereocenters. The number of nitrogens with one attached hydrogen (secondary N) is 2. The summed E-state index contributed by atoms with van der Waals surface area (Å²) < 4.78 is 0. The van der Waals surface area contributed by atoms with Gasteiger partial charge in [-0.1, -0.05) is 0 Å². The average Bonchev–Trinajstić information content (AvgIpc) is 2.49. The molecule has 5 heteroatoms. The molecule has 0 spiro atoms. The number of hydrogen-bond acceptors (Lipinski definition) is 4. The molecule has 1 aliphatic rings. The molecule has 0 aliphatic carbocycles. The third kappa shape index (κ3) is 2.50. The molecular weight excluding hydrogens is 166 g/mol. The minimum atomic E-state index is 0.915. The van der Waals surface area contributed by atoms with Crippen molar-refractivity contribution in [1.82, 2.24) is 25.6 Å². The van der Waals surface area contributed by atoms with E-state index < -0.39 is 0 Å². The summed E-state index contributed by atoms with van der Waals surface area (Å²) in [7, 11) is 0. The Morgan fingerprint density at radius 2 is 2.38 bits per heavy atom. The van der Waals surface area contributed by atoms with Gasteiger partial charge in [-0.15, -0.1) is 0 Å². The molecule has 0 aromatic carbocycles. The van der Waals surface area contributed by atoms with Gasteiger partial charge in [-0.2, -0.15) is 15.4 Å². The van der Waals surface area contributed by atoms with Crippen LogP contribution in [0.1, 0.15) is 12.1 Å². The number of rotatable bonds is 2. The van der Waals surface area contributed by atoms with Crippen molar-refractivity contribution in [2.24, 2.45) is 0 Å². The van der Waals surface area contributed by atoms with Gasteiger partial charge in [0.1, 0.15) is 0 Å². The molecule has 0 amide bonds. The third-order valence-corrected chi connectivity index (χ3v) is 2.28. The second kappa shape index (κ2) is 4.34. The van der Waals surface area contributed by atoms with Crippen molar-refractivity contribution in [2.75, 3.05) is 26.2 Å². The summed E-state index contributed by atoms with van der Waals surface area (Å²) in [6, 6.07) is 0. The summed E-state index contributed by atoms with van der Waals surface area (Å²) in [5.74, 6) is 0. The van der Waals surface area contributed by atoms with Gasteiger partial charge < -0.3 is 5.32 Å². The molecular formula is C8H15N5. The van der Waals surface area contributed by atoms with Gasteiger partial charge >= 0.3 is 0 Å². The fourth-order valence-electron chi connectivity index (χ4n) is 1.59. The molecule has 1 aromatic rings. The summed E-state index contributed by atoms with van der Waals surface area (Å²) in [4.78, 5) is 2.40. The third-order valence-electron chi connectivity index (χ3n) is 2.28. The fraction of sp³-hybridized carbons (Fsp3) is 0.750. The molecule has 2 rings (SSSR count). The van der Waals surface area contributed by atoms with Crippen molar-refractivity contribution in [1.29, 1.82) is 0 Å². The maximum absolute atomic E-state index is 4.04. The number of H-pyrrole nitrogens is 1. The van der Waals surface area contributed by atoms with E-state index in [-0.39, 0.29) is 0 Å². The second-order valence-electron chi connectivity index (χ2n) is 3.34. The van der Waals surface area contributed by atoms with Gasteiger partial charge in [0.05, 0.1) is 11.9 Å². The van der Waals surface area contributed by atoms with Crippen molar-refractivity contribution < 1.29 is 0 Å². The first-order chi connectivity index (χ1) is 6.45.